The third-order valence-electron chi connectivity index (χ3n) is 4.48. The normalized spacial score (nSPS) is 19.8. The van der Waals surface area contributed by atoms with E-state index in [0.717, 1.165) is 18.4 Å². The molecule has 1 saturated heterocycles. The van der Waals surface area contributed by atoms with Crippen molar-refractivity contribution in [1.82, 2.24) is 4.57 Å². The van der Waals surface area contributed by atoms with Crippen molar-refractivity contribution >= 4 is 32.3 Å². The van der Waals surface area contributed by atoms with Gasteiger partial charge in [0.05, 0.1) is 22.9 Å². The van der Waals surface area contributed by atoms with E-state index in [1.807, 2.05) is 24.3 Å². The minimum atomic E-state index is -3.15. The van der Waals surface area contributed by atoms with Gasteiger partial charge in [-0.25, -0.2) is 8.42 Å². The van der Waals surface area contributed by atoms with E-state index in [0.29, 0.717) is 11.9 Å². The summed E-state index contributed by atoms with van der Waals surface area (Å²) in [5.41, 5.74) is 1.08. The van der Waals surface area contributed by atoms with Gasteiger partial charge in [-0.05, 0) is 18.9 Å². The Morgan fingerprint density at radius 3 is 2.80 bits per heavy atom. The van der Waals surface area contributed by atoms with Gasteiger partial charge in [0.1, 0.15) is 0 Å². The lowest BCUT2D eigenvalue weighted by molar-refractivity contribution is -0.121. The number of benzene rings is 1. The zero-order valence-electron chi connectivity index (χ0n) is 14.1. The van der Waals surface area contributed by atoms with Crippen molar-refractivity contribution in [3.05, 3.63) is 24.3 Å². The van der Waals surface area contributed by atoms with Crippen molar-refractivity contribution in [1.29, 1.82) is 0 Å². The van der Waals surface area contributed by atoms with Crippen LogP contribution in [0.1, 0.15) is 26.2 Å². The maximum Gasteiger partial charge on any atom is 0.268 e. The van der Waals surface area contributed by atoms with Crippen LogP contribution in [0.15, 0.2) is 34.5 Å². The van der Waals surface area contributed by atoms with E-state index in [4.69, 9.17) is 0 Å². The number of nitrogens with zero attached hydrogens (tertiary/aromatic N) is 3. The molecule has 1 fully saturated rings. The molecule has 2 heterocycles. The van der Waals surface area contributed by atoms with Crippen LogP contribution in [-0.4, -0.2) is 35.5 Å². The molecule has 134 valence electrons. The summed E-state index contributed by atoms with van der Waals surface area (Å²) in [6.07, 6.45) is 2.17. The highest BCUT2D eigenvalue weighted by Crippen LogP contribution is 2.39. The Labute approximate surface area is 146 Å². The number of hydrogen-bond acceptors (Lipinski definition) is 5. The van der Waals surface area contributed by atoms with E-state index >= 15 is 0 Å². The number of azo groups is 1. The van der Waals surface area contributed by atoms with Crippen molar-refractivity contribution in [3.63, 3.8) is 0 Å². The molecule has 1 amide bonds. The minimum Gasteiger partial charge on any atom is -0.493 e. The summed E-state index contributed by atoms with van der Waals surface area (Å²) in [5.74, 6) is -1.37. The summed E-state index contributed by atoms with van der Waals surface area (Å²) in [6.45, 7) is 2.71. The van der Waals surface area contributed by atoms with E-state index in [-0.39, 0.29) is 29.5 Å². The van der Waals surface area contributed by atoms with E-state index < -0.39 is 21.7 Å². The van der Waals surface area contributed by atoms with Crippen LogP contribution in [-0.2, 0) is 21.2 Å². The molecule has 1 N–H and O–H groups in total. The summed E-state index contributed by atoms with van der Waals surface area (Å²) in [4.78, 5) is 12.1. The fourth-order valence-electron chi connectivity index (χ4n) is 3.08. The molecule has 0 aliphatic carbocycles. The Bertz CT molecular complexity index is 931. The van der Waals surface area contributed by atoms with Gasteiger partial charge in [0.15, 0.2) is 15.5 Å². The molecule has 0 saturated carbocycles. The Hall–Kier alpha value is -2.22. The minimum absolute atomic E-state index is 0.0144. The van der Waals surface area contributed by atoms with Crippen LogP contribution in [0.2, 0.25) is 0 Å². The van der Waals surface area contributed by atoms with Crippen LogP contribution in [0.5, 0.6) is 5.88 Å². The SMILES string of the molecule is CCCCn1c(O)c(N=NC(=O)[C@@H]2CCS(=O)(=O)C2)c2ccccc21. The van der Waals surface area contributed by atoms with Crippen LogP contribution in [0.25, 0.3) is 10.9 Å². The van der Waals surface area contributed by atoms with Gasteiger partial charge in [-0.15, -0.1) is 10.2 Å². The molecule has 1 aliphatic heterocycles. The highest BCUT2D eigenvalue weighted by atomic mass is 32.2. The molecule has 0 spiro atoms. The second-order valence-corrected chi connectivity index (χ2v) is 8.56. The number of aromatic nitrogens is 1. The Kier molecular flexibility index (Phi) is 4.89. The molecule has 1 aromatic carbocycles. The molecular weight excluding hydrogens is 342 g/mol. The Balaban J connectivity index is 1.91. The van der Waals surface area contributed by atoms with Crippen LogP contribution in [0.3, 0.4) is 0 Å². The monoisotopic (exact) mass is 363 g/mol. The van der Waals surface area contributed by atoms with Crippen LogP contribution >= 0.6 is 0 Å². The molecule has 2 aromatic rings. The molecule has 8 heteroatoms. The second kappa shape index (κ2) is 6.95. The fourth-order valence-corrected chi connectivity index (χ4v) is 4.82. The zero-order valence-corrected chi connectivity index (χ0v) is 14.9. The van der Waals surface area contributed by atoms with Crippen LogP contribution in [0.4, 0.5) is 5.69 Å². The summed E-state index contributed by atoms with van der Waals surface area (Å²) < 4.78 is 24.7. The number of unbranched alkanes of at least 4 members (excludes halogenated alkanes) is 1. The van der Waals surface area contributed by atoms with Gasteiger partial charge in [0, 0.05) is 11.9 Å². The van der Waals surface area contributed by atoms with Gasteiger partial charge >= 0.3 is 0 Å². The first-order valence-corrected chi connectivity index (χ1v) is 10.2. The first kappa shape index (κ1) is 17.6. The Morgan fingerprint density at radius 2 is 2.12 bits per heavy atom. The average Bonchev–Trinajstić information content (AvgIpc) is 3.08. The predicted octanol–water partition coefficient (Wildman–Crippen LogP) is 3.19. The largest absolute Gasteiger partial charge is 0.493 e. The molecule has 1 aromatic heterocycles. The zero-order chi connectivity index (χ0) is 18.0. The Morgan fingerprint density at radius 1 is 1.36 bits per heavy atom. The van der Waals surface area contributed by atoms with Crippen LogP contribution < -0.4 is 0 Å². The van der Waals surface area contributed by atoms with E-state index in [2.05, 4.69) is 17.2 Å². The highest BCUT2D eigenvalue weighted by Gasteiger charge is 2.33. The number of amides is 1. The summed E-state index contributed by atoms with van der Waals surface area (Å²) in [7, 11) is -3.15. The highest BCUT2D eigenvalue weighted by molar-refractivity contribution is 7.91. The maximum atomic E-state index is 12.1. The number of carbonyl (C=O) groups is 1. The number of carbonyl (C=O) groups excluding carboxylic acids is 1. The lowest BCUT2D eigenvalue weighted by Crippen LogP contribution is -2.13. The number of fused-ring (bicyclic) bond motifs is 1. The molecule has 1 aliphatic rings. The third kappa shape index (κ3) is 3.58. The standard InChI is InChI=1S/C17H21N3O4S/c1-2-3-9-20-14-7-5-4-6-13(14)15(17(20)22)18-19-16(21)12-8-10-25(23,24)11-12/h4-7,12,22H,2-3,8-11H2,1H3/t12-/m1/s1. The lowest BCUT2D eigenvalue weighted by Gasteiger charge is -2.05. The van der Waals surface area contributed by atoms with Crippen molar-refractivity contribution < 1.29 is 18.3 Å². The molecule has 1 atom stereocenters. The quantitative estimate of drug-likeness (QED) is 0.824. The van der Waals surface area contributed by atoms with Crippen molar-refractivity contribution in [2.24, 2.45) is 16.1 Å². The number of sulfone groups is 1. The summed E-state index contributed by atoms with van der Waals surface area (Å²) >= 11 is 0. The summed E-state index contributed by atoms with van der Waals surface area (Å²) in [5, 5.41) is 18.9. The van der Waals surface area contributed by atoms with Gasteiger partial charge in [-0.2, -0.15) is 0 Å². The van der Waals surface area contributed by atoms with E-state index in [1.54, 1.807) is 4.57 Å². The predicted molar refractivity (Wildman–Crippen MR) is 94.8 cm³/mol. The molecule has 25 heavy (non-hydrogen) atoms. The topological polar surface area (TPSA) is 101 Å². The van der Waals surface area contributed by atoms with Gasteiger partial charge in [0.25, 0.3) is 5.91 Å². The average molecular weight is 363 g/mol. The van der Waals surface area contributed by atoms with Crippen molar-refractivity contribution in [3.8, 4) is 5.88 Å². The van der Waals surface area contributed by atoms with Crippen LogP contribution in [0, 0.1) is 5.92 Å². The fraction of sp³-hybridized carbons (Fsp3) is 0.471. The van der Waals surface area contributed by atoms with Crippen molar-refractivity contribution in [2.45, 2.75) is 32.7 Å². The number of hydrogen-bond donors (Lipinski definition) is 1. The maximum absolute atomic E-state index is 12.1. The van der Waals surface area contributed by atoms with Gasteiger partial charge in [0.2, 0.25) is 5.88 Å². The van der Waals surface area contributed by atoms with Gasteiger partial charge in [-0.1, -0.05) is 31.5 Å². The molecule has 0 unspecified atom stereocenters. The van der Waals surface area contributed by atoms with E-state index in [1.165, 1.54) is 0 Å². The summed E-state index contributed by atoms with van der Waals surface area (Å²) in [6, 6.07) is 7.40. The molecule has 0 bridgehead atoms. The molecule has 7 nitrogen and oxygen atoms in total. The number of para-hydroxylation sites is 1. The van der Waals surface area contributed by atoms with Crippen molar-refractivity contribution in [2.75, 3.05) is 11.5 Å². The molecule has 3 rings (SSSR count). The van der Waals surface area contributed by atoms with Gasteiger partial charge < -0.3 is 9.67 Å². The number of rotatable bonds is 5. The van der Waals surface area contributed by atoms with Gasteiger partial charge in [-0.3, -0.25) is 4.79 Å². The molecule has 0 radical (unpaired) electrons. The van der Waals surface area contributed by atoms with E-state index in [9.17, 15) is 18.3 Å². The third-order valence-corrected chi connectivity index (χ3v) is 6.25. The smallest absolute Gasteiger partial charge is 0.268 e. The first-order valence-electron chi connectivity index (χ1n) is 8.39. The number of aryl methyl sites for hydroxylation is 1. The molecular formula is C17H21N3O4S. The first-order chi connectivity index (χ1) is 11.9. The number of aromatic hydroxyl groups is 1. The lowest BCUT2D eigenvalue weighted by atomic mass is 10.1. The second-order valence-electron chi connectivity index (χ2n) is 6.33.